The van der Waals surface area contributed by atoms with Crippen molar-refractivity contribution in [3.63, 3.8) is 0 Å². The molecular formula is C18H22N8O4. The molecule has 4 rings (SSSR count). The molecule has 158 valence electrons. The minimum Gasteiger partial charge on any atom is -0.336 e. The molecule has 0 unspecified atom stereocenters. The molecular weight excluding hydrogens is 392 g/mol. The van der Waals surface area contributed by atoms with Crippen molar-refractivity contribution in [3.8, 4) is 0 Å². The van der Waals surface area contributed by atoms with Gasteiger partial charge in [0.05, 0.1) is 0 Å². The number of aromatic nitrogens is 8. The average Bonchev–Trinajstić information content (AvgIpc) is 3.29. The van der Waals surface area contributed by atoms with Crippen LogP contribution in [-0.2, 0) is 48.1 Å². The first-order valence-electron chi connectivity index (χ1n) is 9.39. The number of nitrogens with one attached hydrogen (secondary N) is 1. The molecule has 0 aromatic carbocycles. The number of H-pyrrole nitrogens is 1. The van der Waals surface area contributed by atoms with Crippen molar-refractivity contribution in [1.29, 1.82) is 0 Å². The normalized spacial score (nSPS) is 11.8. The summed E-state index contributed by atoms with van der Waals surface area (Å²) in [6.45, 7) is 0. The summed E-state index contributed by atoms with van der Waals surface area (Å²) in [6, 6.07) is 0. The van der Waals surface area contributed by atoms with Gasteiger partial charge in [-0.05, 0) is 6.42 Å². The molecule has 4 heterocycles. The van der Waals surface area contributed by atoms with Crippen LogP contribution in [0, 0.1) is 0 Å². The number of aromatic amines is 1. The van der Waals surface area contributed by atoms with Crippen molar-refractivity contribution >= 4 is 22.3 Å². The van der Waals surface area contributed by atoms with E-state index < -0.39 is 16.9 Å². The first-order valence-corrected chi connectivity index (χ1v) is 9.39. The van der Waals surface area contributed by atoms with Gasteiger partial charge < -0.3 is 9.55 Å². The summed E-state index contributed by atoms with van der Waals surface area (Å²) >= 11 is 0. The van der Waals surface area contributed by atoms with Gasteiger partial charge >= 0.3 is 11.4 Å². The summed E-state index contributed by atoms with van der Waals surface area (Å²) in [5.41, 5.74) is -0.332. The number of nitrogens with zero attached hydrogens (tertiary/aromatic N) is 7. The Bertz CT molecular complexity index is 1560. The minimum absolute atomic E-state index is 0.288. The standard InChI is InChI=1S/C18H22N8O4/c1-22-10(21-14-12(22)16(28)26(5)18(30)24(14)3)8-6-7-9-19-11-13(20-9)23(2)17(29)25(4)15(11)27/h6-8H2,1-5H3,(H,19,20). The van der Waals surface area contributed by atoms with Gasteiger partial charge in [-0.2, -0.15) is 0 Å². The Labute approximate surface area is 168 Å². The van der Waals surface area contributed by atoms with Crippen LogP contribution in [0.25, 0.3) is 22.3 Å². The Kier molecular flexibility index (Phi) is 4.36. The van der Waals surface area contributed by atoms with Crippen molar-refractivity contribution in [2.45, 2.75) is 19.3 Å². The zero-order chi connectivity index (χ0) is 21.9. The third kappa shape index (κ3) is 2.67. The quantitative estimate of drug-likeness (QED) is 0.428. The second-order valence-corrected chi connectivity index (χ2v) is 7.41. The highest BCUT2D eigenvalue weighted by atomic mass is 16.2. The molecule has 0 fully saturated rings. The summed E-state index contributed by atoms with van der Waals surface area (Å²) < 4.78 is 6.49. The van der Waals surface area contributed by atoms with Crippen LogP contribution in [0.5, 0.6) is 0 Å². The molecule has 30 heavy (non-hydrogen) atoms. The van der Waals surface area contributed by atoms with Gasteiger partial charge in [-0.15, -0.1) is 0 Å². The van der Waals surface area contributed by atoms with E-state index in [4.69, 9.17) is 0 Å². The summed E-state index contributed by atoms with van der Waals surface area (Å²) in [5.74, 6) is 1.26. The van der Waals surface area contributed by atoms with E-state index >= 15 is 0 Å². The smallest absolute Gasteiger partial charge is 0.332 e. The van der Waals surface area contributed by atoms with Crippen molar-refractivity contribution < 1.29 is 0 Å². The highest BCUT2D eigenvalue weighted by molar-refractivity contribution is 5.71. The van der Waals surface area contributed by atoms with E-state index in [1.165, 1.54) is 23.2 Å². The molecule has 0 saturated heterocycles. The van der Waals surface area contributed by atoms with Crippen LogP contribution in [0.2, 0.25) is 0 Å². The predicted octanol–water partition coefficient (Wildman–Crippen LogP) is -1.58. The van der Waals surface area contributed by atoms with Gasteiger partial charge in [-0.25, -0.2) is 19.6 Å². The Morgan fingerprint density at radius 1 is 0.700 bits per heavy atom. The molecule has 0 atom stereocenters. The average molecular weight is 414 g/mol. The van der Waals surface area contributed by atoms with Crippen molar-refractivity contribution in [2.75, 3.05) is 0 Å². The number of aryl methyl sites for hydroxylation is 5. The molecule has 12 heteroatoms. The molecule has 4 aromatic heterocycles. The maximum atomic E-state index is 12.5. The van der Waals surface area contributed by atoms with Gasteiger partial charge in [0, 0.05) is 48.1 Å². The zero-order valence-corrected chi connectivity index (χ0v) is 17.4. The third-order valence-electron chi connectivity index (χ3n) is 5.53. The molecule has 0 spiro atoms. The van der Waals surface area contributed by atoms with Crippen LogP contribution in [0.3, 0.4) is 0 Å². The molecule has 0 aliphatic heterocycles. The van der Waals surface area contributed by atoms with E-state index in [1.54, 1.807) is 25.7 Å². The molecule has 0 bridgehead atoms. The third-order valence-corrected chi connectivity index (χ3v) is 5.53. The van der Waals surface area contributed by atoms with Crippen molar-refractivity contribution in [2.24, 2.45) is 35.2 Å². The van der Waals surface area contributed by atoms with E-state index in [0.29, 0.717) is 47.7 Å². The van der Waals surface area contributed by atoms with Gasteiger partial charge in [0.15, 0.2) is 16.8 Å². The largest absolute Gasteiger partial charge is 0.336 e. The fourth-order valence-electron chi connectivity index (χ4n) is 3.69. The first-order chi connectivity index (χ1) is 14.1. The van der Waals surface area contributed by atoms with Crippen LogP contribution >= 0.6 is 0 Å². The van der Waals surface area contributed by atoms with Crippen LogP contribution in [-0.4, -0.2) is 37.8 Å². The van der Waals surface area contributed by atoms with E-state index in [2.05, 4.69) is 15.0 Å². The monoisotopic (exact) mass is 414 g/mol. The lowest BCUT2D eigenvalue weighted by Gasteiger charge is -2.03. The van der Waals surface area contributed by atoms with Crippen molar-refractivity contribution in [3.05, 3.63) is 53.3 Å². The fraction of sp³-hybridized carbons (Fsp3) is 0.444. The second kappa shape index (κ2) is 6.68. The second-order valence-electron chi connectivity index (χ2n) is 7.41. The van der Waals surface area contributed by atoms with Crippen LogP contribution in [0.15, 0.2) is 19.2 Å². The Balaban J connectivity index is 1.64. The van der Waals surface area contributed by atoms with Gasteiger partial charge in [0.2, 0.25) is 0 Å². The molecule has 1 N–H and O–H groups in total. The lowest BCUT2D eigenvalue weighted by atomic mass is 10.2. The Morgan fingerprint density at radius 3 is 1.97 bits per heavy atom. The summed E-state index contributed by atoms with van der Waals surface area (Å²) in [6.07, 6.45) is 1.70. The minimum atomic E-state index is -0.433. The summed E-state index contributed by atoms with van der Waals surface area (Å²) in [7, 11) is 7.76. The molecule has 12 nitrogen and oxygen atoms in total. The number of hydrogen-bond acceptors (Lipinski definition) is 6. The number of imidazole rings is 2. The molecule has 0 aliphatic rings. The van der Waals surface area contributed by atoms with E-state index in [1.807, 2.05) is 0 Å². The lowest BCUT2D eigenvalue weighted by Crippen LogP contribution is -2.37. The van der Waals surface area contributed by atoms with Crippen LogP contribution in [0.4, 0.5) is 0 Å². The molecule has 0 saturated carbocycles. The van der Waals surface area contributed by atoms with Gasteiger partial charge in [0.25, 0.3) is 11.1 Å². The van der Waals surface area contributed by atoms with E-state index in [9.17, 15) is 19.2 Å². The molecule has 4 aromatic rings. The Morgan fingerprint density at radius 2 is 1.30 bits per heavy atom. The van der Waals surface area contributed by atoms with Gasteiger partial charge in [-0.3, -0.25) is 27.9 Å². The summed E-state index contributed by atoms with van der Waals surface area (Å²) in [5, 5.41) is 0. The zero-order valence-electron chi connectivity index (χ0n) is 17.4. The Hall–Kier alpha value is -3.70. The van der Waals surface area contributed by atoms with E-state index in [0.717, 1.165) is 9.13 Å². The van der Waals surface area contributed by atoms with E-state index in [-0.39, 0.29) is 11.1 Å². The van der Waals surface area contributed by atoms with Crippen LogP contribution < -0.4 is 22.5 Å². The number of fused-ring (bicyclic) bond motifs is 2. The molecule has 0 radical (unpaired) electrons. The number of rotatable bonds is 4. The SMILES string of the molecule is Cn1c(=O)c2[nH]c(CCCc3nc4c(c(=O)n(C)c(=O)n4C)n3C)nc2n(C)c1=O. The maximum Gasteiger partial charge on any atom is 0.332 e. The van der Waals surface area contributed by atoms with Gasteiger partial charge in [0.1, 0.15) is 17.2 Å². The highest BCUT2D eigenvalue weighted by Crippen LogP contribution is 2.12. The van der Waals surface area contributed by atoms with Crippen LogP contribution in [0.1, 0.15) is 18.1 Å². The predicted molar refractivity (Wildman–Crippen MR) is 110 cm³/mol. The van der Waals surface area contributed by atoms with Gasteiger partial charge in [-0.1, -0.05) is 0 Å². The van der Waals surface area contributed by atoms with Crippen molar-refractivity contribution in [1.82, 2.24) is 37.8 Å². The maximum absolute atomic E-state index is 12.5. The lowest BCUT2D eigenvalue weighted by molar-refractivity contribution is 0.703. The summed E-state index contributed by atoms with van der Waals surface area (Å²) in [4.78, 5) is 60.8. The topological polar surface area (TPSA) is 134 Å². The molecule has 0 aliphatic carbocycles. The molecule has 0 amide bonds. The fourth-order valence-corrected chi connectivity index (χ4v) is 3.69. The first kappa shape index (κ1) is 19.6. The number of hydrogen-bond donors (Lipinski definition) is 1. The highest BCUT2D eigenvalue weighted by Gasteiger charge is 2.17.